The Kier molecular flexibility index (Phi) is 8.10. The van der Waals surface area contributed by atoms with Crippen molar-refractivity contribution in [3.8, 4) is 5.75 Å². The Morgan fingerprint density at radius 3 is 2.80 bits per heavy atom. The molecule has 0 spiro atoms. The summed E-state index contributed by atoms with van der Waals surface area (Å²) >= 11 is 16.1. The van der Waals surface area contributed by atoms with Crippen molar-refractivity contribution >= 4 is 73.1 Å². The lowest BCUT2D eigenvalue weighted by molar-refractivity contribution is -0.121. The topological polar surface area (TPSA) is 76.7 Å². The van der Waals surface area contributed by atoms with Gasteiger partial charge in [-0.2, -0.15) is 0 Å². The van der Waals surface area contributed by atoms with Crippen LogP contribution in [-0.2, 0) is 22.4 Å². The number of amides is 1. The first-order valence-corrected chi connectivity index (χ1v) is 11.8. The molecule has 1 aliphatic carbocycles. The van der Waals surface area contributed by atoms with E-state index in [0.29, 0.717) is 27.9 Å². The lowest BCUT2D eigenvalue weighted by Gasteiger charge is -2.13. The zero-order valence-electron chi connectivity index (χ0n) is 16.2. The third kappa shape index (κ3) is 5.72. The van der Waals surface area contributed by atoms with E-state index in [9.17, 15) is 9.59 Å². The van der Waals surface area contributed by atoms with Crippen molar-refractivity contribution in [2.75, 3.05) is 18.5 Å². The van der Waals surface area contributed by atoms with Crippen molar-refractivity contribution in [2.24, 2.45) is 0 Å². The molecule has 3 rings (SSSR count). The van der Waals surface area contributed by atoms with Crippen molar-refractivity contribution in [3.63, 3.8) is 0 Å². The Bertz CT molecular complexity index is 980. The Hall–Kier alpha value is -1.68. The van der Waals surface area contributed by atoms with E-state index in [1.165, 1.54) is 11.3 Å². The second kappa shape index (κ2) is 10.6. The first-order chi connectivity index (χ1) is 14.4. The second-order valence-corrected chi connectivity index (χ2v) is 9.34. The van der Waals surface area contributed by atoms with Crippen LogP contribution in [0.1, 0.15) is 40.6 Å². The third-order valence-corrected chi connectivity index (χ3v) is 6.58. The Labute approximate surface area is 197 Å². The van der Waals surface area contributed by atoms with E-state index in [-0.39, 0.29) is 17.7 Å². The number of nitrogens with one attached hydrogen (secondary N) is 2. The molecule has 0 unspecified atom stereocenters. The van der Waals surface area contributed by atoms with Gasteiger partial charge in [0.1, 0.15) is 10.8 Å². The predicted molar refractivity (Wildman–Crippen MR) is 126 cm³/mol. The number of carbonyl (C=O) groups is 2. The lowest BCUT2D eigenvalue weighted by atomic mass is 9.95. The first-order valence-electron chi connectivity index (χ1n) is 9.39. The maximum absolute atomic E-state index is 12.5. The van der Waals surface area contributed by atoms with Crippen LogP contribution in [0.25, 0.3) is 0 Å². The van der Waals surface area contributed by atoms with Gasteiger partial charge in [0.15, 0.2) is 11.7 Å². The zero-order chi connectivity index (χ0) is 21.7. The number of esters is 1. The lowest BCUT2D eigenvalue weighted by Crippen LogP contribution is -2.37. The summed E-state index contributed by atoms with van der Waals surface area (Å²) in [7, 11) is 0. The first kappa shape index (κ1) is 23.0. The van der Waals surface area contributed by atoms with Crippen molar-refractivity contribution in [1.82, 2.24) is 5.32 Å². The largest absolute Gasteiger partial charge is 0.482 e. The molecule has 160 valence electrons. The van der Waals surface area contributed by atoms with Crippen LogP contribution in [0.2, 0.25) is 5.02 Å². The monoisotopic (exact) mass is 530 g/mol. The number of aryl methyl sites for hydroxylation is 1. The number of hydrogen-bond donors (Lipinski definition) is 2. The molecule has 10 heteroatoms. The molecule has 6 nitrogen and oxygen atoms in total. The van der Waals surface area contributed by atoms with Gasteiger partial charge in [0.2, 0.25) is 0 Å². The Morgan fingerprint density at radius 1 is 1.30 bits per heavy atom. The molecule has 0 saturated carbocycles. The standard InChI is InChI=1S/C20H20BrClN2O4S2/c1-2-27-19(26)17-12-5-3-4-6-15(12)30-18(17)24-20(29)23-16(25)10-28-14-8-7-11(21)9-13(14)22/h7-9H,2-6,10H2,1H3,(H2,23,24,25,29). The molecule has 2 N–H and O–H groups in total. The molecule has 0 radical (unpaired) electrons. The molecule has 1 aromatic carbocycles. The normalized spacial score (nSPS) is 12.6. The molecule has 0 saturated heterocycles. The van der Waals surface area contributed by atoms with Crippen LogP contribution in [0.5, 0.6) is 5.75 Å². The fourth-order valence-corrected chi connectivity index (χ4v) is 5.40. The van der Waals surface area contributed by atoms with Gasteiger partial charge in [0.25, 0.3) is 5.91 Å². The van der Waals surface area contributed by atoms with E-state index in [1.807, 2.05) is 0 Å². The minimum atomic E-state index is -0.439. The highest BCUT2D eigenvalue weighted by Crippen LogP contribution is 2.38. The molecule has 0 bridgehead atoms. The molecule has 30 heavy (non-hydrogen) atoms. The molecule has 0 atom stereocenters. The summed E-state index contributed by atoms with van der Waals surface area (Å²) in [6.07, 6.45) is 3.89. The number of thiocarbonyl (C=S) groups is 1. The number of thiophene rings is 1. The number of benzene rings is 1. The van der Waals surface area contributed by atoms with E-state index in [4.69, 9.17) is 33.3 Å². The van der Waals surface area contributed by atoms with E-state index >= 15 is 0 Å². The maximum Gasteiger partial charge on any atom is 0.341 e. The van der Waals surface area contributed by atoms with Crippen molar-refractivity contribution < 1.29 is 19.1 Å². The molecule has 1 aliphatic rings. The van der Waals surface area contributed by atoms with Crippen LogP contribution in [0.3, 0.4) is 0 Å². The van der Waals surface area contributed by atoms with Gasteiger partial charge in [0.05, 0.1) is 17.2 Å². The quantitative estimate of drug-likeness (QED) is 0.398. The van der Waals surface area contributed by atoms with Crippen molar-refractivity contribution in [2.45, 2.75) is 32.6 Å². The van der Waals surface area contributed by atoms with Crippen LogP contribution >= 0.6 is 51.1 Å². The number of anilines is 1. The van der Waals surface area contributed by atoms with Gasteiger partial charge in [-0.15, -0.1) is 11.3 Å². The molecular formula is C20H20BrClN2O4S2. The minimum absolute atomic E-state index is 0.0923. The summed E-state index contributed by atoms with van der Waals surface area (Å²) in [6.45, 7) is 1.81. The number of ether oxygens (including phenoxy) is 2. The molecular weight excluding hydrogens is 512 g/mol. The second-order valence-electron chi connectivity index (χ2n) is 6.50. The number of rotatable bonds is 6. The van der Waals surface area contributed by atoms with Gasteiger partial charge in [0, 0.05) is 9.35 Å². The highest BCUT2D eigenvalue weighted by Gasteiger charge is 2.27. The average molecular weight is 532 g/mol. The van der Waals surface area contributed by atoms with Crippen LogP contribution in [0.15, 0.2) is 22.7 Å². The van der Waals surface area contributed by atoms with Crippen molar-refractivity contribution in [3.05, 3.63) is 43.7 Å². The maximum atomic E-state index is 12.5. The number of fused-ring (bicyclic) bond motifs is 1. The number of halogens is 2. The molecule has 0 aliphatic heterocycles. The smallest absolute Gasteiger partial charge is 0.341 e. The van der Waals surface area contributed by atoms with Crippen LogP contribution < -0.4 is 15.4 Å². The molecule has 1 heterocycles. The fraction of sp³-hybridized carbons (Fsp3) is 0.350. The van der Waals surface area contributed by atoms with Crippen LogP contribution in [-0.4, -0.2) is 30.2 Å². The Balaban J connectivity index is 1.63. The summed E-state index contributed by atoms with van der Waals surface area (Å²) in [4.78, 5) is 25.9. The summed E-state index contributed by atoms with van der Waals surface area (Å²) in [5.74, 6) is -0.420. The average Bonchev–Trinajstić information content (AvgIpc) is 3.05. The zero-order valence-corrected chi connectivity index (χ0v) is 20.2. The number of carbonyl (C=O) groups excluding carboxylic acids is 2. The third-order valence-electron chi connectivity index (χ3n) is 4.38. The number of hydrogen-bond acceptors (Lipinski definition) is 6. The van der Waals surface area contributed by atoms with E-state index in [2.05, 4.69) is 26.6 Å². The summed E-state index contributed by atoms with van der Waals surface area (Å²) in [5, 5.41) is 6.63. The molecule has 2 aromatic rings. The van der Waals surface area contributed by atoms with E-state index in [0.717, 1.165) is 40.6 Å². The van der Waals surface area contributed by atoms with Crippen LogP contribution in [0.4, 0.5) is 5.00 Å². The van der Waals surface area contributed by atoms with Gasteiger partial charge in [-0.1, -0.05) is 27.5 Å². The fourth-order valence-electron chi connectivity index (χ4n) is 3.11. The van der Waals surface area contributed by atoms with E-state index < -0.39 is 5.91 Å². The summed E-state index contributed by atoms with van der Waals surface area (Å²) < 4.78 is 11.5. The van der Waals surface area contributed by atoms with E-state index in [1.54, 1.807) is 25.1 Å². The molecule has 1 amide bonds. The summed E-state index contributed by atoms with van der Waals surface area (Å²) in [5.41, 5.74) is 1.54. The highest BCUT2D eigenvalue weighted by atomic mass is 79.9. The molecule has 0 fully saturated rings. The Morgan fingerprint density at radius 2 is 2.07 bits per heavy atom. The van der Waals surface area contributed by atoms with Gasteiger partial charge >= 0.3 is 5.97 Å². The van der Waals surface area contributed by atoms with Gasteiger partial charge < -0.3 is 14.8 Å². The van der Waals surface area contributed by atoms with Gasteiger partial charge in [-0.05, 0) is 68.6 Å². The predicted octanol–water partition coefficient (Wildman–Crippen LogP) is 5.11. The summed E-state index contributed by atoms with van der Waals surface area (Å²) in [6, 6.07) is 5.11. The highest BCUT2D eigenvalue weighted by molar-refractivity contribution is 9.10. The van der Waals surface area contributed by atoms with Gasteiger partial charge in [-0.3, -0.25) is 10.1 Å². The van der Waals surface area contributed by atoms with Crippen LogP contribution in [0, 0.1) is 0 Å². The molecule has 1 aromatic heterocycles. The SMILES string of the molecule is CCOC(=O)c1c(NC(=S)NC(=O)COc2ccc(Br)cc2Cl)sc2c1CCCC2. The van der Waals surface area contributed by atoms with Crippen molar-refractivity contribution in [1.29, 1.82) is 0 Å². The minimum Gasteiger partial charge on any atom is -0.482 e. The van der Waals surface area contributed by atoms with Gasteiger partial charge in [-0.25, -0.2) is 4.79 Å².